The molecule has 9 rings (SSSR count). The summed E-state index contributed by atoms with van der Waals surface area (Å²) in [5.74, 6) is 0.906. The van der Waals surface area contributed by atoms with Crippen molar-refractivity contribution in [2.45, 2.75) is 45.4 Å². The summed E-state index contributed by atoms with van der Waals surface area (Å²) in [6, 6.07) is 51.0. The van der Waals surface area contributed by atoms with Gasteiger partial charge in [0.15, 0.2) is 0 Å². The van der Waals surface area contributed by atoms with Crippen molar-refractivity contribution < 1.29 is 5.11 Å². The Morgan fingerprint density at radius 3 is 2.08 bits per heavy atom. The van der Waals surface area contributed by atoms with Gasteiger partial charge in [-0.1, -0.05) is 132 Å². The van der Waals surface area contributed by atoms with Crippen LogP contribution < -0.4 is 0 Å². The maximum absolute atomic E-state index is 12.1. The van der Waals surface area contributed by atoms with Gasteiger partial charge in [-0.15, -0.1) is 0 Å². The highest BCUT2D eigenvalue weighted by Gasteiger charge is 2.37. The van der Waals surface area contributed by atoms with E-state index in [0.717, 1.165) is 61.4 Å². The van der Waals surface area contributed by atoms with Gasteiger partial charge in [0.2, 0.25) is 0 Å². The minimum absolute atomic E-state index is 0.0495. The van der Waals surface area contributed by atoms with Crippen LogP contribution in [-0.2, 0) is 10.8 Å². The third-order valence-corrected chi connectivity index (χ3v) is 10.9. The van der Waals surface area contributed by atoms with Gasteiger partial charge in [-0.05, 0) is 92.9 Å². The Labute approximate surface area is 311 Å². The molecule has 0 aliphatic heterocycles. The number of aromatic nitrogens is 3. The van der Waals surface area contributed by atoms with Crippen LogP contribution in [0.5, 0.6) is 5.75 Å². The van der Waals surface area contributed by atoms with E-state index in [4.69, 9.17) is 4.98 Å². The molecule has 4 heteroatoms. The van der Waals surface area contributed by atoms with E-state index in [1.165, 1.54) is 16.7 Å². The number of hydrogen-bond donors (Lipinski definition) is 1. The van der Waals surface area contributed by atoms with Crippen molar-refractivity contribution in [1.29, 1.82) is 0 Å². The molecule has 0 spiro atoms. The van der Waals surface area contributed by atoms with Crippen molar-refractivity contribution in [3.05, 3.63) is 168 Å². The summed E-state index contributed by atoms with van der Waals surface area (Å²) >= 11 is 0. The first-order valence-electron chi connectivity index (χ1n) is 18.3. The summed E-state index contributed by atoms with van der Waals surface area (Å²) in [4.78, 5) is 10.1. The van der Waals surface area contributed by atoms with E-state index in [0.29, 0.717) is 11.4 Å². The molecule has 0 radical (unpaired) electrons. The van der Waals surface area contributed by atoms with E-state index >= 15 is 0 Å². The fraction of sp³-hybridized carbons (Fsp3) is 0.143. The zero-order valence-corrected chi connectivity index (χ0v) is 30.7. The van der Waals surface area contributed by atoms with Gasteiger partial charge < -0.3 is 5.11 Å². The summed E-state index contributed by atoms with van der Waals surface area (Å²) in [5.41, 5.74) is 15.4. The Bertz CT molecular complexity index is 2680. The van der Waals surface area contributed by atoms with E-state index < -0.39 is 0 Å². The molecule has 1 N–H and O–H groups in total. The number of fused-ring (bicyclic) bond motifs is 4. The maximum atomic E-state index is 12.1. The van der Waals surface area contributed by atoms with Gasteiger partial charge >= 0.3 is 0 Å². The fourth-order valence-corrected chi connectivity index (χ4v) is 8.10. The highest BCUT2D eigenvalue weighted by Crippen LogP contribution is 2.52. The van der Waals surface area contributed by atoms with E-state index in [1.807, 2.05) is 30.5 Å². The number of phenolic OH excluding ortho intramolecular Hbond substituents is 1. The first-order chi connectivity index (χ1) is 25.6. The molecule has 4 nitrogen and oxygen atoms in total. The van der Waals surface area contributed by atoms with E-state index in [9.17, 15) is 5.11 Å². The monoisotopic (exact) mass is 687 g/mol. The van der Waals surface area contributed by atoms with Gasteiger partial charge in [0.25, 0.3) is 0 Å². The van der Waals surface area contributed by atoms with Gasteiger partial charge in [-0.2, -0.15) is 0 Å². The van der Waals surface area contributed by atoms with Crippen LogP contribution in [0, 0.1) is 0 Å². The lowest BCUT2D eigenvalue weighted by molar-refractivity contribution is 0.474. The lowest BCUT2D eigenvalue weighted by atomic mass is 9.82. The molecule has 0 fully saturated rings. The minimum atomic E-state index is -0.239. The number of hydrogen-bond acceptors (Lipinski definition) is 3. The summed E-state index contributed by atoms with van der Waals surface area (Å²) in [5, 5.41) is 12.1. The van der Waals surface area contributed by atoms with E-state index in [2.05, 4.69) is 165 Å². The Morgan fingerprint density at radius 2 is 1.28 bits per heavy atom. The highest BCUT2D eigenvalue weighted by molar-refractivity contribution is 5.98. The fourth-order valence-electron chi connectivity index (χ4n) is 8.10. The lowest BCUT2D eigenvalue weighted by Crippen LogP contribution is -2.14. The SMILES string of the molecule is CC(C)(C)c1ccc(-n2c(-c3cc4c(cc3O)C(C)(C)c3ccccc3-4)nc3c(-c4cccc(-c5ccccn5)c4)cccc32)c(-c2ccccc2)c1. The zero-order chi connectivity index (χ0) is 36.5. The minimum Gasteiger partial charge on any atom is -0.507 e. The summed E-state index contributed by atoms with van der Waals surface area (Å²) in [6.07, 6.45) is 1.83. The first kappa shape index (κ1) is 32.6. The molecule has 258 valence electrons. The molecule has 53 heavy (non-hydrogen) atoms. The van der Waals surface area contributed by atoms with Gasteiger partial charge in [0, 0.05) is 28.3 Å². The number of rotatable bonds is 5. The van der Waals surface area contributed by atoms with Crippen molar-refractivity contribution >= 4 is 11.0 Å². The summed E-state index contributed by atoms with van der Waals surface area (Å²) < 4.78 is 2.25. The number of benzene rings is 6. The van der Waals surface area contributed by atoms with Crippen molar-refractivity contribution in [2.75, 3.05) is 0 Å². The van der Waals surface area contributed by atoms with Crippen molar-refractivity contribution in [3.63, 3.8) is 0 Å². The molecular formula is C49H41N3O. The second-order valence-electron chi connectivity index (χ2n) is 15.7. The molecule has 0 saturated heterocycles. The quantitative estimate of drug-likeness (QED) is 0.196. The molecule has 8 aromatic rings. The molecule has 0 atom stereocenters. The van der Waals surface area contributed by atoms with Crippen molar-refractivity contribution in [1.82, 2.24) is 14.5 Å². The van der Waals surface area contributed by atoms with Crippen LogP contribution in [0.2, 0.25) is 0 Å². The largest absolute Gasteiger partial charge is 0.507 e. The van der Waals surface area contributed by atoms with Crippen LogP contribution in [0.1, 0.15) is 51.3 Å². The second kappa shape index (κ2) is 12.2. The van der Waals surface area contributed by atoms with Crippen LogP contribution >= 0.6 is 0 Å². The molecule has 0 unspecified atom stereocenters. The van der Waals surface area contributed by atoms with E-state index in [1.54, 1.807) is 0 Å². The van der Waals surface area contributed by atoms with Crippen LogP contribution in [0.3, 0.4) is 0 Å². The van der Waals surface area contributed by atoms with Gasteiger partial charge in [0.1, 0.15) is 11.6 Å². The standard InChI is InChI=1S/C49H41N3O/c1-48(2,3)34-24-25-43(37(28-34)31-15-7-6-8-16-31)52-44-23-14-20-35(32-17-13-18-33(27-32)42-22-11-12-26-50-42)46(44)51-47(52)39-29-38-36-19-9-10-21-40(36)49(4,5)41(38)30-45(39)53/h6-30,53H,1-5H3. The van der Waals surface area contributed by atoms with Crippen molar-refractivity contribution in [2.24, 2.45) is 0 Å². The first-order valence-corrected chi connectivity index (χ1v) is 18.3. The number of aromatic hydroxyl groups is 1. The second-order valence-corrected chi connectivity index (χ2v) is 15.7. The number of phenols is 1. The van der Waals surface area contributed by atoms with Crippen LogP contribution in [0.4, 0.5) is 0 Å². The average molecular weight is 688 g/mol. The normalized spacial score (nSPS) is 13.2. The molecule has 6 aromatic carbocycles. The molecule has 0 saturated carbocycles. The van der Waals surface area contributed by atoms with Gasteiger partial charge in [0.05, 0.1) is 28.0 Å². The summed E-state index contributed by atoms with van der Waals surface area (Å²) in [6.45, 7) is 11.2. The average Bonchev–Trinajstić information content (AvgIpc) is 3.67. The number of para-hydroxylation sites is 1. The third-order valence-electron chi connectivity index (χ3n) is 10.9. The third kappa shape index (κ3) is 5.36. The molecule has 2 heterocycles. The molecule has 1 aliphatic rings. The number of pyridine rings is 1. The molecular weight excluding hydrogens is 647 g/mol. The Kier molecular flexibility index (Phi) is 7.49. The highest BCUT2D eigenvalue weighted by atomic mass is 16.3. The van der Waals surface area contributed by atoms with Crippen molar-refractivity contribution in [3.8, 4) is 67.5 Å². The van der Waals surface area contributed by atoms with Crippen LogP contribution in [0.25, 0.3) is 72.7 Å². The van der Waals surface area contributed by atoms with E-state index in [-0.39, 0.29) is 16.6 Å². The maximum Gasteiger partial charge on any atom is 0.149 e. The molecule has 1 aliphatic carbocycles. The predicted molar refractivity (Wildman–Crippen MR) is 219 cm³/mol. The van der Waals surface area contributed by atoms with Crippen LogP contribution in [-0.4, -0.2) is 19.6 Å². The molecule has 0 bridgehead atoms. The molecule has 2 aromatic heterocycles. The predicted octanol–water partition coefficient (Wildman–Crippen LogP) is 12.4. The number of imidazole rings is 1. The smallest absolute Gasteiger partial charge is 0.149 e. The summed E-state index contributed by atoms with van der Waals surface area (Å²) in [7, 11) is 0. The zero-order valence-electron chi connectivity index (χ0n) is 30.7. The lowest BCUT2D eigenvalue weighted by Gasteiger charge is -2.23. The Hall–Kier alpha value is -6.26. The topological polar surface area (TPSA) is 50.9 Å². The molecule has 0 amide bonds. The Balaban J connectivity index is 1.35. The number of nitrogens with zero attached hydrogens (tertiary/aromatic N) is 3. The van der Waals surface area contributed by atoms with Crippen LogP contribution in [0.15, 0.2) is 152 Å². The van der Waals surface area contributed by atoms with Gasteiger partial charge in [-0.25, -0.2) is 4.98 Å². The van der Waals surface area contributed by atoms with Gasteiger partial charge in [-0.3, -0.25) is 9.55 Å². The Morgan fingerprint density at radius 1 is 0.566 bits per heavy atom.